The lowest BCUT2D eigenvalue weighted by atomic mass is 10.0. The Morgan fingerprint density at radius 1 is 0.350 bits per heavy atom. The molecule has 6 nitrogen and oxygen atoms in total. The van der Waals surface area contributed by atoms with E-state index in [4.69, 9.17) is 4.74 Å². The first-order valence-corrected chi connectivity index (χ1v) is 35.9. The number of hydrogen-bond donors (Lipinski definition) is 3. The molecule has 0 aliphatic heterocycles. The fourth-order valence-corrected chi connectivity index (χ4v) is 11.1. The molecule has 0 bridgehead atoms. The molecule has 0 fully saturated rings. The van der Waals surface area contributed by atoms with E-state index in [1.165, 1.54) is 302 Å². The number of unbranched alkanes of at least 4 members (excludes halogenated alkanes) is 50. The minimum absolute atomic E-state index is 0.00274. The van der Waals surface area contributed by atoms with E-state index in [1.807, 2.05) is 6.08 Å². The highest BCUT2D eigenvalue weighted by Gasteiger charge is 2.18. The molecule has 0 aliphatic carbocycles. The van der Waals surface area contributed by atoms with Gasteiger partial charge in [0.15, 0.2) is 0 Å². The smallest absolute Gasteiger partial charge is 0.305 e. The molecule has 0 saturated heterocycles. The summed E-state index contributed by atoms with van der Waals surface area (Å²) in [7, 11) is 0. The van der Waals surface area contributed by atoms with Crippen molar-refractivity contribution in [2.45, 2.75) is 398 Å². The number of hydrogen-bond acceptors (Lipinski definition) is 5. The van der Waals surface area contributed by atoms with Gasteiger partial charge in [0.25, 0.3) is 0 Å². The van der Waals surface area contributed by atoms with Gasteiger partial charge < -0.3 is 20.3 Å². The summed E-state index contributed by atoms with van der Waals surface area (Å²) < 4.78 is 5.48. The summed E-state index contributed by atoms with van der Waals surface area (Å²) in [6, 6.07) is -0.635. The number of ether oxygens (including phenoxy) is 1. The molecule has 0 saturated carbocycles. The summed E-state index contributed by atoms with van der Waals surface area (Å²) in [5, 5.41) is 23.3. The van der Waals surface area contributed by atoms with Crippen molar-refractivity contribution in [1.29, 1.82) is 0 Å². The van der Waals surface area contributed by atoms with Crippen LogP contribution in [0.2, 0.25) is 0 Å². The molecule has 0 aromatic rings. The van der Waals surface area contributed by atoms with E-state index in [0.717, 1.165) is 57.8 Å². The monoisotopic (exact) mass is 1120 g/mol. The van der Waals surface area contributed by atoms with Gasteiger partial charge in [0, 0.05) is 12.8 Å². The highest BCUT2D eigenvalue weighted by atomic mass is 16.5. The lowest BCUT2D eigenvalue weighted by Crippen LogP contribution is -2.45. The van der Waals surface area contributed by atoms with Gasteiger partial charge in [-0.1, -0.05) is 332 Å². The van der Waals surface area contributed by atoms with Crippen LogP contribution >= 0.6 is 0 Å². The SMILES string of the molecule is CCCCC/C=C\C/C=C\CCCCCCCC(=O)OCCCCCCCCCCCCCC/C=C\CCCCCCCCCC(=O)NC(CO)C(O)/C=C/CCCCCCCCCCCCCCCCCCCCCCCCC. The Morgan fingerprint density at radius 2 is 0.625 bits per heavy atom. The van der Waals surface area contributed by atoms with E-state index in [1.54, 1.807) is 6.08 Å². The predicted octanol–water partition coefficient (Wildman–Crippen LogP) is 23.3. The van der Waals surface area contributed by atoms with Gasteiger partial charge in [-0.25, -0.2) is 0 Å². The molecule has 0 aliphatic rings. The first-order chi connectivity index (χ1) is 39.5. The van der Waals surface area contributed by atoms with Gasteiger partial charge >= 0.3 is 5.97 Å². The number of carbonyl (C=O) groups excluding carboxylic acids is 2. The summed E-state index contributed by atoms with van der Waals surface area (Å²) in [6.45, 7) is 4.90. The maximum Gasteiger partial charge on any atom is 0.305 e. The highest BCUT2D eigenvalue weighted by Crippen LogP contribution is 2.18. The maximum atomic E-state index is 12.5. The van der Waals surface area contributed by atoms with Crippen LogP contribution in [0.25, 0.3) is 0 Å². The van der Waals surface area contributed by atoms with E-state index in [-0.39, 0.29) is 18.5 Å². The van der Waals surface area contributed by atoms with Crippen molar-refractivity contribution in [2.24, 2.45) is 0 Å². The Hall–Kier alpha value is -2.18. The standard InChI is InChI=1S/C74H139NO5/c1-3-5-7-9-11-13-15-17-19-20-21-22-23-24-26-29-32-35-39-42-46-50-54-58-62-66-72(77)71(70-76)75-73(78)67-63-59-55-51-47-43-40-36-33-30-27-25-28-31-34-37-41-45-49-53-57-61-65-69-80-74(79)68-64-60-56-52-48-44-38-18-16-14-12-10-8-6-4-2/h12,14,18,30,33,38,62,66,71-72,76-77H,3-11,13,15-17,19-29,31-32,34-37,39-61,63-65,67-70H2,1-2H3,(H,75,78)/b14-12-,33-30-,38-18-,66-62+. The van der Waals surface area contributed by atoms with E-state index >= 15 is 0 Å². The molecule has 0 spiro atoms. The molecule has 0 rings (SSSR count). The van der Waals surface area contributed by atoms with Gasteiger partial charge in [0.2, 0.25) is 5.91 Å². The second-order valence-corrected chi connectivity index (χ2v) is 24.6. The Balaban J connectivity index is 3.45. The number of esters is 1. The summed E-state index contributed by atoms with van der Waals surface area (Å²) in [5.74, 6) is -0.0736. The van der Waals surface area contributed by atoms with Crippen LogP contribution in [0.1, 0.15) is 386 Å². The van der Waals surface area contributed by atoms with Crippen molar-refractivity contribution in [3.63, 3.8) is 0 Å². The fraction of sp³-hybridized carbons (Fsp3) is 0.865. The Bertz CT molecular complexity index is 1340. The second-order valence-electron chi connectivity index (χ2n) is 24.6. The van der Waals surface area contributed by atoms with Gasteiger partial charge in [-0.05, 0) is 89.9 Å². The molecular formula is C74H139NO5. The molecule has 0 aromatic heterocycles. The molecule has 6 heteroatoms. The zero-order valence-electron chi connectivity index (χ0n) is 53.8. The van der Waals surface area contributed by atoms with Crippen molar-refractivity contribution in [1.82, 2.24) is 5.32 Å². The number of aliphatic hydroxyl groups excluding tert-OH is 2. The number of nitrogens with one attached hydrogen (secondary N) is 1. The van der Waals surface area contributed by atoms with Crippen LogP contribution < -0.4 is 5.32 Å². The molecule has 470 valence electrons. The third-order valence-corrected chi connectivity index (χ3v) is 16.6. The number of amides is 1. The second kappa shape index (κ2) is 69.3. The summed E-state index contributed by atoms with van der Waals surface area (Å²) in [4.78, 5) is 24.6. The van der Waals surface area contributed by atoms with E-state index in [0.29, 0.717) is 19.4 Å². The molecule has 0 heterocycles. The van der Waals surface area contributed by atoms with Crippen molar-refractivity contribution < 1.29 is 24.5 Å². The van der Waals surface area contributed by atoms with Crippen LogP contribution in [-0.2, 0) is 14.3 Å². The molecular weight excluding hydrogens is 983 g/mol. The van der Waals surface area contributed by atoms with Gasteiger partial charge in [-0.3, -0.25) is 9.59 Å². The zero-order valence-corrected chi connectivity index (χ0v) is 53.8. The molecule has 80 heavy (non-hydrogen) atoms. The topological polar surface area (TPSA) is 95.9 Å². The van der Waals surface area contributed by atoms with Gasteiger partial charge in [0.05, 0.1) is 25.4 Å². The highest BCUT2D eigenvalue weighted by molar-refractivity contribution is 5.76. The number of carbonyl (C=O) groups is 2. The molecule has 0 radical (unpaired) electrons. The summed E-state index contributed by atoms with van der Waals surface area (Å²) in [6.07, 6.45) is 90.4. The first-order valence-electron chi connectivity index (χ1n) is 35.9. The normalized spacial score (nSPS) is 12.8. The molecule has 3 N–H and O–H groups in total. The predicted molar refractivity (Wildman–Crippen MR) is 352 cm³/mol. The average molecular weight is 1120 g/mol. The van der Waals surface area contributed by atoms with Crippen LogP contribution in [0.15, 0.2) is 48.6 Å². The minimum atomic E-state index is -0.851. The van der Waals surface area contributed by atoms with Crippen LogP contribution in [0.5, 0.6) is 0 Å². The lowest BCUT2D eigenvalue weighted by Gasteiger charge is -2.20. The Labute approximate surface area is 499 Å². The van der Waals surface area contributed by atoms with Crippen molar-refractivity contribution in [3.8, 4) is 0 Å². The molecule has 1 amide bonds. The van der Waals surface area contributed by atoms with E-state index < -0.39 is 12.1 Å². The number of rotatable bonds is 67. The summed E-state index contributed by atoms with van der Waals surface area (Å²) in [5.41, 5.74) is 0. The van der Waals surface area contributed by atoms with E-state index in [2.05, 4.69) is 55.6 Å². The van der Waals surface area contributed by atoms with Gasteiger partial charge in [-0.15, -0.1) is 0 Å². The zero-order chi connectivity index (χ0) is 57.8. The Kier molecular flexibility index (Phi) is 67.4. The van der Waals surface area contributed by atoms with Crippen molar-refractivity contribution in [3.05, 3.63) is 48.6 Å². The quantitative estimate of drug-likeness (QED) is 0.0320. The fourth-order valence-electron chi connectivity index (χ4n) is 11.1. The number of allylic oxidation sites excluding steroid dienone is 7. The molecule has 2 unspecified atom stereocenters. The average Bonchev–Trinajstić information content (AvgIpc) is 3.46. The van der Waals surface area contributed by atoms with Gasteiger partial charge in [-0.2, -0.15) is 0 Å². The van der Waals surface area contributed by atoms with Crippen molar-refractivity contribution in [2.75, 3.05) is 13.2 Å². The third kappa shape index (κ3) is 65.0. The van der Waals surface area contributed by atoms with E-state index in [9.17, 15) is 19.8 Å². The van der Waals surface area contributed by atoms with Crippen LogP contribution in [0.4, 0.5) is 0 Å². The van der Waals surface area contributed by atoms with Gasteiger partial charge in [0.1, 0.15) is 0 Å². The van der Waals surface area contributed by atoms with Crippen LogP contribution in [0.3, 0.4) is 0 Å². The first kappa shape index (κ1) is 77.8. The molecule has 2 atom stereocenters. The Morgan fingerprint density at radius 3 is 0.988 bits per heavy atom. The summed E-state index contributed by atoms with van der Waals surface area (Å²) >= 11 is 0. The molecule has 0 aromatic carbocycles. The third-order valence-electron chi connectivity index (χ3n) is 16.6. The van der Waals surface area contributed by atoms with Crippen LogP contribution in [-0.4, -0.2) is 47.4 Å². The largest absolute Gasteiger partial charge is 0.466 e. The maximum absolute atomic E-state index is 12.5. The number of aliphatic hydroxyl groups is 2. The lowest BCUT2D eigenvalue weighted by molar-refractivity contribution is -0.143. The van der Waals surface area contributed by atoms with Crippen molar-refractivity contribution >= 4 is 11.9 Å². The minimum Gasteiger partial charge on any atom is -0.466 e. The van der Waals surface area contributed by atoms with Crippen LogP contribution in [0, 0.1) is 0 Å².